The SMILES string of the molecule is O=C(/C=C/c1ccc(C(=O)CN=Cc2cccc(Br)c2)cc1)NO. The number of halogens is 1. The molecule has 0 radical (unpaired) electrons. The molecule has 0 bridgehead atoms. The van der Waals surface area contributed by atoms with Gasteiger partial charge in [0.15, 0.2) is 5.78 Å². The normalized spacial score (nSPS) is 11.1. The van der Waals surface area contributed by atoms with Crippen LogP contribution in [-0.4, -0.2) is 29.7 Å². The van der Waals surface area contributed by atoms with E-state index in [4.69, 9.17) is 5.21 Å². The molecular weight excluding hydrogens is 372 g/mol. The lowest BCUT2D eigenvalue weighted by Gasteiger charge is -1.99. The molecule has 6 heteroatoms. The van der Waals surface area contributed by atoms with Crippen LogP contribution in [0.25, 0.3) is 6.08 Å². The molecule has 24 heavy (non-hydrogen) atoms. The number of ketones is 1. The molecule has 0 aromatic heterocycles. The highest BCUT2D eigenvalue weighted by Gasteiger charge is 2.04. The number of carbonyl (C=O) groups excluding carboxylic acids is 2. The fourth-order valence-corrected chi connectivity index (χ4v) is 2.32. The summed E-state index contributed by atoms with van der Waals surface area (Å²) in [5.74, 6) is -0.707. The molecule has 0 aliphatic rings. The van der Waals surface area contributed by atoms with Crippen molar-refractivity contribution in [1.29, 1.82) is 0 Å². The molecule has 2 rings (SSSR count). The van der Waals surface area contributed by atoms with Gasteiger partial charge in [-0.25, -0.2) is 5.48 Å². The van der Waals surface area contributed by atoms with Crippen LogP contribution in [0.5, 0.6) is 0 Å². The van der Waals surface area contributed by atoms with Crippen molar-refractivity contribution in [3.05, 3.63) is 75.8 Å². The maximum atomic E-state index is 12.1. The van der Waals surface area contributed by atoms with Gasteiger partial charge in [-0.15, -0.1) is 0 Å². The summed E-state index contributed by atoms with van der Waals surface area (Å²) in [5, 5.41) is 8.40. The fraction of sp³-hybridized carbons (Fsp3) is 0.0556. The van der Waals surface area contributed by atoms with Crippen LogP contribution in [0.2, 0.25) is 0 Å². The first-order valence-corrected chi connectivity index (χ1v) is 7.88. The van der Waals surface area contributed by atoms with Crippen LogP contribution in [0.15, 0.2) is 64.1 Å². The third-order valence-electron chi connectivity index (χ3n) is 3.09. The Morgan fingerprint density at radius 2 is 1.88 bits per heavy atom. The molecule has 0 aliphatic heterocycles. The highest BCUT2D eigenvalue weighted by atomic mass is 79.9. The number of Topliss-reactive ketones (excluding diaryl/α,β-unsaturated/α-hetero) is 1. The van der Waals surface area contributed by atoms with Crippen molar-refractivity contribution in [2.45, 2.75) is 0 Å². The quantitative estimate of drug-likeness (QED) is 0.263. The minimum atomic E-state index is -0.614. The lowest BCUT2D eigenvalue weighted by molar-refractivity contribution is -0.124. The summed E-state index contributed by atoms with van der Waals surface area (Å²) in [6, 6.07) is 14.4. The van der Waals surface area contributed by atoms with Gasteiger partial charge in [0, 0.05) is 22.3 Å². The van der Waals surface area contributed by atoms with Gasteiger partial charge in [0.05, 0.1) is 0 Å². The predicted octanol–water partition coefficient (Wildman–Crippen LogP) is 3.27. The number of nitrogens with zero attached hydrogens (tertiary/aromatic N) is 1. The Morgan fingerprint density at radius 1 is 1.12 bits per heavy atom. The molecule has 122 valence electrons. The molecule has 0 saturated heterocycles. The highest BCUT2D eigenvalue weighted by molar-refractivity contribution is 9.10. The first-order chi connectivity index (χ1) is 11.6. The molecule has 1 amide bonds. The number of hydrogen-bond donors (Lipinski definition) is 2. The zero-order valence-corrected chi connectivity index (χ0v) is 14.2. The maximum absolute atomic E-state index is 12.1. The van der Waals surface area contributed by atoms with Crippen molar-refractivity contribution < 1.29 is 14.8 Å². The molecule has 0 saturated carbocycles. The van der Waals surface area contributed by atoms with Crippen molar-refractivity contribution in [1.82, 2.24) is 5.48 Å². The molecule has 0 heterocycles. The predicted molar refractivity (Wildman–Crippen MR) is 96.3 cm³/mol. The van der Waals surface area contributed by atoms with Gasteiger partial charge in [0.25, 0.3) is 5.91 Å². The molecule has 5 nitrogen and oxygen atoms in total. The minimum Gasteiger partial charge on any atom is -0.292 e. The summed E-state index contributed by atoms with van der Waals surface area (Å²) < 4.78 is 0.955. The van der Waals surface area contributed by atoms with E-state index in [1.807, 2.05) is 24.3 Å². The zero-order valence-electron chi connectivity index (χ0n) is 12.6. The molecule has 2 aromatic carbocycles. The number of benzene rings is 2. The van der Waals surface area contributed by atoms with E-state index in [1.165, 1.54) is 17.6 Å². The third kappa shape index (κ3) is 5.57. The van der Waals surface area contributed by atoms with Crippen LogP contribution in [0.3, 0.4) is 0 Å². The molecule has 2 aromatic rings. The lowest BCUT2D eigenvalue weighted by atomic mass is 10.1. The number of hydroxylamine groups is 1. The van der Waals surface area contributed by atoms with E-state index in [2.05, 4.69) is 20.9 Å². The smallest absolute Gasteiger partial charge is 0.267 e. The van der Waals surface area contributed by atoms with Gasteiger partial charge in [-0.3, -0.25) is 19.8 Å². The first-order valence-electron chi connectivity index (χ1n) is 7.09. The molecule has 0 spiro atoms. The second-order valence-corrected chi connectivity index (χ2v) is 5.80. The van der Waals surface area contributed by atoms with Crippen LogP contribution < -0.4 is 5.48 Å². The van der Waals surface area contributed by atoms with Gasteiger partial charge >= 0.3 is 0 Å². The number of carbonyl (C=O) groups is 2. The topological polar surface area (TPSA) is 78.8 Å². The van der Waals surface area contributed by atoms with E-state index >= 15 is 0 Å². The summed E-state index contributed by atoms with van der Waals surface area (Å²) in [5.41, 5.74) is 3.71. The van der Waals surface area contributed by atoms with Crippen LogP contribution in [0.4, 0.5) is 0 Å². The standard InChI is InChI=1S/C18H15BrN2O3/c19-16-3-1-2-14(10-16)11-20-12-17(22)15-7-4-13(5-8-15)6-9-18(23)21-24/h1-11,24H,12H2,(H,21,23)/b9-6+,20-11?. The molecule has 0 unspecified atom stereocenters. The van der Waals surface area contributed by atoms with Crippen LogP contribution in [-0.2, 0) is 4.79 Å². The molecule has 0 aliphatic carbocycles. The Labute approximate surface area is 147 Å². The summed E-state index contributed by atoms with van der Waals surface area (Å²) in [6.07, 6.45) is 4.39. The third-order valence-corrected chi connectivity index (χ3v) is 3.59. The van der Waals surface area contributed by atoms with Crippen molar-refractivity contribution in [3.8, 4) is 0 Å². The number of hydrogen-bond acceptors (Lipinski definition) is 4. The van der Waals surface area contributed by atoms with E-state index in [0.29, 0.717) is 5.56 Å². The summed E-state index contributed by atoms with van der Waals surface area (Å²) in [6.45, 7) is 0.0641. The summed E-state index contributed by atoms with van der Waals surface area (Å²) in [7, 11) is 0. The largest absolute Gasteiger partial charge is 0.292 e. The number of amides is 1. The number of aliphatic imine (C=N–C) groups is 1. The Kier molecular flexibility index (Phi) is 6.60. The van der Waals surface area contributed by atoms with Crippen molar-refractivity contribution >= 4 is 39.9 Å². The Balaban J connectivity index is 1.95. The fourth-order valence-electron chi connectivity index (χ4n) is 1.90. The van der Waals surface area contributed by atoms with Gasteiger partial charge < -0.3 is 0 Å². The Bertz CT molecular complexity index is 783. The molecule has 0 fully saturated rings. The van der Waals surface area contributed by atoms with Gasteiger partial charge in [-0.2, -0.15) is 0 Å². The van der Waals surface area contributed by atoms with Gasteiger partial charge in [-0.1, -0.05) is 52.3 Å². The van der Waals surface area contributed by atoms with Crippen LogP contribution >= 0.6 is 15.9 Å². The van der Waals surface area contributed by atoms with Gasteiger partial charge in [0.1, 0.15) is 6.54 Å². The molecule has 0 atom stereocenters. The van der Waals surface area contributed by atoms with E-state index in [-0.39, 0.29) is 12.3 Å². The summed E-state index contributed by atoms with van der Waals surface area (Å²) in [4.78, 5) is 27.1. The summed E-state index contributed by atoms with van der Waals surface area (Å²) >= 11 is 3.38. The van der Waals surface area contributed by atoms with E-state index in [9.17, 15) is 9.59 Å². The van der Waals surface area contributed by atoms with E-state index in [1.54, 1.807) is 30.5 Å². The average Bonchev–Trinajstić information content (AvgIpc) is 2.60. The van der Waals surface area contributed by atoms with Gasteiger partial charge in [0.2, 0.25) is 0 Å². The van der Waals surface area contributed by atoms with Crippen molar-refractivity contribution in [3.63, 3.8) is 0 Å². The monoisotopic (exact) mass is 386 g/mol. The Morgan fingerprint density at radius 3 is 2.54 bits per heavy atom. The van der Waals surface area contributed by atoms with Gasteiger partial charge in [-0.05, 0) is 29.3 Å². The van der Waals surface area contributed by atoms with E-state index < -0.39 is 5.91 Å². The zero-order chi connectivity index (χ0) is 17.4. The lowest BCUT2D eigenvalue weighted by Crippen LogP contribution is -2.14. The highest BCUT2D eigenvalue weighted by Crippen LogP contribution is 2.10. The maximum Gasteiger partial charge on any atom is 0.267 e. The van der Waals surface area contributed by atoms with Crippen molar-refractivity contribution in [2.24, 2.45) is 4.99 Å². The molecular formula is C18H15BrN2O3. The van der Waals surface area contributed by atoms with Crippen LogP contribution in [0, 0.1) is 0 Å². The molecule has 2 N–H and O–H groups in total. The van der Waals surface area contributed by atoms with Crippen LogP contribution in [0.1, 0.15) is 21.5 Å². The Hall–Kier alpha value is -2.57. The number of nitrogens with one attached hydrogen (secondary N) is 1. The number of rotatable bonds is 6. The second kappa shape index (κ2) is 8.90. The second-order valence-electron chi connectivity index (χ2n) is 4.88. The average molecular weight is 387 g/mol. The minimum absolute atomic E-state index is 0.0641. The van der Waals surface area contributed by atoms with E-state index in [0.717, 1.165) is 15.6 Å². The van der Waals surface area contributed by atoms with Crippen molar-refractivity contribution in [2.75, 3.05) is 6.54 Å². The first kappa shape index (κ1) is 17.8.